The molecule has 2 N–H and O–H groups in total. The molecule has 0 aromatic carbocycles. The third kappa shape index (κ3) is 9.23. The van der Waals surface area contributed by atoms with Crippen LogP contribution in [-0.4, -0.2) is 31.9 Å². The molecule has 0 amide bonds. The van der Waals surface area contributed by atoms with Crippen molar-refractivity contribution in [3.8, 4) is 0 Å². The molecular weight excluding hydrogens is 411 g/mol. The van der Waals surface area contributed by atoms with Crippen molar-refractivity contribution < 1.29 is 19.8 Å². The fourth-order valence-electron chi connectivity index (χ4n) is 3.12. The third-order valence-electron chi connectivity index (χ3n) is 5.39. The quantitative estimate of drug-likeness (QED) is 0.212. The molecule has 0 aliphatic heterocycles. The maximum absolute atomic E-state index is 11.2. The maximum atomic E-state index is 11.2. The molecule has 0 aliphatic carbocycles. The second kappa shape index (κ2) is 11.7. The summed E-state index contributed by atoms with van der Waals surface area (Å²) in [5.74, 6) is -2.14. The SMILES string of the molecule is CC(C)(CCCCCCCCCCC(C)(C)C(Cl)(Cl)C(=O)O)[C@@H](Cl)C(=O)O. The van der Waals surface area contributed by atoms with Crippen LogP contribution in [0.3, 0.4) is 0 Å². The van der Waals surface area contributed by atoms with Gasteiger partial charge in [0, 0.05) is 5.41 Å². The number of carbonyl (C=O) groups is 2. The molecule has 0 spiro atoms. The van der Waals surface area contributed by atoms with Gasteiger partial charge in [0.1, 0.15) is 5.38 Å². The number of aliphatic carboxylic acids is 2. The zero-order valence-corrected chi connectivity index (χ0v) is 19.3. The standard InChI is InChI=1S/C20H35Cl3O4/c1-18(2,15(21)16(24)25)13-11-9-7-5-6-8-10-12-14-19(3,4)20(22,23)17(26)27/h15H,5-14H2,1-4H3,(H,24,25)(H,26,27)/t15-/m0/s1. The molecule has 0 bridgehead atoms. The molecule has 0 saturated carbocycles. The van der Waals surface area contributed by atoms with Crippen LogP contribution in [0.5, 0.6) is 0 Å². The van der Waals surface area contributed by atoms with Crippen molar-refractivity contribution in [2.24, 2.45) is 10.8 Å². The molecule has 0 aromatic rings. The van der Waals surface area contributed by atoms with Crippen LogP contribution in [0.4, 0.5) is 0 Å². The smallest absolute Gasteiger partial charge is 0.340 e. The van der Waals surface area contributed by atoms with E-state index in [0.717, 1.165) is 57.8 Å². The minimum Gasteiger partial charge on any atom is -0.480 e. The molecule has 4 nitrogen and oxygen atoms in total. The van der Waals surface area contributed by atoms with Crippen LogP contribution in [-0.2, 0) is 9.59 Å². The van der Waals surface area contributed by atoms with Gasteiger partial charge in [0.05, 0.1) is 0 Å². The Kier molecular flexibility index (Phi) is 11.6. The van der Waals surface area contributed by atoms with E-state index in [1.165, 1.54) is 0 Å². The Morgan fingerprint density at radius 2 is 1.15 bits per heavy atom. The van der Waals surface area contributed by atoms with Crippen LogP contribution >= 0.6 is 34.8 Å². The maximum Gasteiger partial charge on any atom is 0.340 e. The molecule has 160 valence electrons. The lowest BCUT2D eigenvalue weighted by molar-refractivity contribution is -0.141. The van der Waals surface area contributed by atoms with Gasteiger partial charge in [0.15, 0.2) is 0 Å². The molecule has 27 heavy (non-hydrogen) atoms. The average Bonchev–Trinajstić information content (AvgIpc) is 2.55. The van der Waals surface area contributed by atoms with Crippen LogP contribution in [0.2, 0.25) is 0 Å². The fraction of sp³-hybridized carbons (Fsp3) is 0.900. The van der Waals surface area contributed by atoms with Crippen molar-refractivity contribution in [2.45, 2.75) is 102 Å². The summed E-state index contributed by atoms with van der Waals surface area (Å²) < 4.78 is -1.76. The van der Waals surface area contributed by atoms with E-state index < -0.39 is 32.5 Å². The highest BCUT2D eigenvalue weighted by Gasteiger charge is 2.48. The van der Waals surface area contributed by atoms with Gasteiger partial charge in [0.2, 0.25) is 4.33 Å². The highest BCUT2D eigenvalue weighted by atomic mass is 35.5. The van der Waals surface area contributed by atoms with Gasteiger partial charge in [-0.2, -0.15) is 0 Å². The summed E-state index contributed by atoms with van der Waals surface area (Å²) in [6.07, 6.45) is 10.0. The van der Waals surface area contributed by atoms with E-state index >= 15 is 0 Å². The van der Waals surface area contributed by atoms with Gasteiger partial charge in [-0.05, 0) is 18.3 Å². The molecule has 0 saturated heterocycles. The van der Waals surface area contributed by atoms with Crippen molar-refractivity contribution in [1.29, 1.82) is 0 Å². The molecule has 0 heterocycles. The highest BCUT2D eigenvalue weighted by molar-refractivity contribution is 6.57. The average molecular weight is 446 g/mol. The summed E-state index contributed by atoms with van der Waals surface area (Å²) in [6, 6.07) is 0. The van der Waals surface area contributed by atoms with Gasteiger partial charge in [-0.25, -0.2) is 4.79 Å². The minimum absolute atomic E-state index is 0.393. The van der Waals surface area contributed by atoms with Crippen molar-refractivity contribution in [3.05, 3.63) is 0 Å². The molecule has 0 aliphatic rings. The van der Waals surface area contributed by atoms with Crippen molar-refractivity contribution in [3.63, 3.8) is 0 Å². The largest absolute Gasteiger partial charge is 0.480 e. The van der Waals surface area contributed by atoms with E-state index in [9.17, 15) is 9.59 Å². The third-order valence-corrected chi connectivity index (χ3v) is 7.52. The highest BCUT2D eigenvalue weighted by Crippen LogP contribution is 2.44. The Labute approximate surface area is 178 Å². The first-order valence-electron chi connectivity index (χ1n) is 9.74. The zero-order valence-electron chi connectivity index (χ0n) is 17.0. The molecule has 1 atom stereocenters. The summed E-state index contributed by atoms with van der Waals surface area (Å²) in [7, 11) is 0. The molecule has 0 aromatic heterocycles. The number of hydrogen-bond donors (Lipinski definition) is 2. The Balaban J connectivity index is 3.80. The lowest BCUT2D eigenvalue weighted by atomic mass is 9.82. The van der Waals surface area contributed by atoms with Crippen molar-refractivity contribution in [1.82, 2.24) is 0 Å². The number of hydrogen-bond acceptors (Lipinski definition) is 2. The predicted octanol–water partition coefficient (Wildman–Crippen LogP) is 6.89. The number of carboxylic acids is 2. The Bertz CT molecular complexity index is 476. The van der Waals surface area contributed by atoms with E-state index in [1.807, 2.05) is 13.8 Å². The van der Waals surface area contributed by atoms with E-state index in [2.05, 4.69) is 0 Å². The summed E-state index contributed by atoms with van der Waals surface area (Å²) in [5, 5.41) is 17.3. The second-order valence-electron chi connectivity index (χ2n) is 8.78. The van der Waals surface area contributed by atoms with Crippen molar-refractivity contribution in [2.75, 3.05) is 0 Å². The van der Waals surface area contributed by atoms with Crippen molar-refractivity contribution >= 4 is 46.7 Å². The van der Waals surface area contributed by atoms with Crippen LogP contribution in [0, 0.1) is 10.8 Å². The van der Waals surface area contributed by atoms with Crippen LogP contribution < -0.4 is 0 Å². The van der Waals surface area contributed by atoms with E-state index in [4.69, 9.17) is 45.0 Å². The van der Waals surface area contributed by atoms with Gasteiger partial charge in [-0.1, -0.05) is 102 Å². The van der Waals surface area contributed by atoms with Gasteiger partial charge in [-0.15, -0.1) is 11.6 Å². The molecule has 7 heteroatoms. The molecule has 0 unspecified atom stereocenters. The summed E-state index contributed by atoms with van der Waals surface area (Å²) in [5.41, 5.74) is -1.07. The van der Waals surface area contributed by atoms with Crippen LogP contribution in [0.1, 0.15) is 91.9 Å². The number of alkyl halides is 3. The molecule has 0 radical (unpaired) electrons. The lowest BCUT2D eigenvalue weighted by Crippen LogP contribution is -2.41. The second-order valence-corrected chi connectivity index (χ2v) is 10.5. The topological polar surface area (TPSA) is 74.6 Å². The van der Waals surface area contributed by atoms with Gasteiger partial charge in [0.25, 0.3) is 0 Å². The lowest BCUT2D eigenvalue weighted by Gasteiger charge is -2.33. The fourth-order valence-corrected chi connectivity index (χ4v) is 3.41. The molecular formula is C20H35Cl3O4. The normalized spacial score (nSPS) is 14.2. The van der Waals surface area contributed by atoms with Crippen LogP contribution in [0.15, 0.2) is 0 Å². The monoisotopic (exact) mass is 444 g/mol. The van der Waals surface area contributed by atoms with Gasteiger partial charge in [-0.3, -0.25) is 4.79 Å². The predicted molar refractivity (Wildman–Crippen MR) is 113 cm³/mol. The minimum atomic E-state index is -1.76. The summed E-state index contributed by atoms with van der Waals surface area (Å²) >= 11 is 17.9. The number of halogens is 3. The van der Waals surface area contributed by atoms with E-state index in [0.29, 0.717) is 6.42 Å². The first-order chi connectivity index (χ1) is 12.3. The molecule has 0 fully saturated rings. The Morgan fingerprint density at radius 3 is 1.52 bits per heavy atom. The van der Waals surface area contributed by atoms with E-state index in [1.54, 1.807) is 13.8 Å². The van der Waals surface area contributed by atoms with E-state index in [-0.39, 0.29) is 0 Å². The number of unbranched alkanes of at least 4 members (excludes halogenated alkanes) is 7. The van der Waals surface area contributed by atoms with Gasteiger partial charge >= 0.3 is 11.9 Å². The number of carboxylic acid groups (broad SMARTS) is 2. The zero-order chi connectivity index (χ0) is 21.3. The van der Waals surface area contributed by atoms with Gasteiger partial charge < -0.3 is 10.2 Å². The molecule has 0 rings (SSSR count). The Morgan fingerprint density at radius 1 is 0.778 bits per heavy atom. The van der Waals surface area contributed by atoms with Crippen LogP contribution in [0.25, 0.3) is 0 Å². The Hall–Kier alpha value is -0.190. The summed E-state index contributed by atoms with van der Waals surface area (Å²) in [4.78, 5) is 22.1. The first-order valence-corrected chi connectivity index (χ1v) is 10.9. The number of rotatable bonds is 15. The summed E-state index contributed by atoms with van der Waals surface area (Å²) in [6.45, 7) is 7.39. The first kappa shape index (κ1) is 26.8.